The van der Waals surface area contributed by atoms with E-state index in [2.05, 4.69) is 5.32 Å². The summed E-state index contributed by atoms with van der Waals surface area (Å²) in [7, 11) is 0. The molecule has 1 N–H and O–H groups in total. The first kappa shape index (κ1) is 18.9. The Balaban J connectivity index is 1.70. The van der Waals surface area contributed by atoms with E-state index in [1.165, 1.54) is 0 Å². The van der Waals surface area contributed by atoms with Gasteiger partial charge < -0.3 is 10.1 Å². The lowest BCUT2D eigenvalue weighted by Gasteiger charge is -2.32. The summed E-state index contributed by atoms with van der Waals surface area (Å²) in [6.45, 7) is 2.49. The normalized spacial score (nSPS) is 17.9. The molecule has 0 bridgehead atoms. The van der Waals surface area contributed by atoms with E-state index in [-0.39, 0.29) is 11.8 Å². The monoisotopic (exact) mass is 420 g/mol. The van der Waals surface area contributed by atoms with E-state index in [4.69, 9.17) is 26.4 Å². The minimum atomic E-state index is -0.382. The van der Waals surface area contributed by atoms with Gasteiger partial charge in [-0.3, -0.25) is 4.79 Å². The van der Waals surface area contributed by atoms with E-state index in [1.807, 2.05) is 55.5 Å². The number of halogens is 1. The number of ether oxygens (including phenoxy) is 1. The van der Waals surface area contributed by atoms with Crippen molar-refractivity contribution in [3.8, 4) is 17.1 Å². The molecule has 2 aromatic carbocycles. The summed E-state index contributed by atoms with van der Waals surface area (Å²) in [5.74, 6) is 2.08. The highest BCUT2D eigenvalue weighted by Crippen LogP contribution is 2.43. The summed E-state index contributed by atoms with van der Waals surface area (Å²) >= 11 is 6.17. The smallest absolute Gasteiger partial charge is 0.226 e. The lowest BCUT2D eigenvalue weighted by Crippen LogP contribution is -2.31. The van der Waals surface area contributed by atoms with Crippen LogP contribution in [0.25, 0.3) is 11.4 Å². The number of allylic oxidation sites excluding steroid dienone is 2. The molecule has 0 fully saturated rings. The molecule has 5 rings (SSSR count). The van der Waals surface area contributed by atoms with E-state index in [9.17, 15) is 4.79 Å². The van der Waals surface area contributed by atoms with Gasteiger partial charge >= 0.3 is 0 Å². The summed E-state index contributed by atoms with van der Waals surface area (Å²) in [4.78, 5) is 17.7. The lowest BCUT2D eigenvalue weighted by molar-refractivity contribution is -0.116. The van der Waals surface area contributed by atoms with Crippen molar-refractivity contribution in [1.82, 2.24) is 14.8 Å². The number of carbonyl (C=O) groups is 1. The fourth-order valence-corrected chi connectivity index (χ4v) is 4.38. The van der Waals surface area contributed by atoms with Gasteiger partial charge in [0.2, 0.25) is 5.95 Å². The first-order valence-electron chi connectivity index (χ1n) is 10.1. The van der Waals surface area contributed by atoms with Crippen molar-refractivity contribution in [3.63, 3.8) is 0 Å². The van der Waals surface area contributed by atoms with Crippen LogP contribution in [0.4, 0.5) is 5.95 Å². The van der Waals surface area contributed by atoms with E-state index >= 15 is 0 Å². The molecule has 0 amide bonds. The van der Waals surface area contributed by atoms with Crippen LogP contribution < -0.4 is 10.1 Å². The van der Waals surface area contributed by atoms with Gasteiger partial charge in [-0.2, -0.15) is 4.98 Å². The SMILES string of the molecule is CCOc1ccccc1[C@H]1C2=C(CCCC2=O)Nc2nc(-c3cccc(Cl)c3)nn21. The van der Waals surface area contributed by atoms with Crippen molar-refractivity contribution >= 4 is 23.3 Å². The first-order chi connectivity index (χ1) is 14.7. The highest BCUT2D eigenvalue weighted by Gasteiger charge is 2.38. The molecule has 0 saturated heterocycles. The van der Waals surface area contributed by atoms with Crippen LogP contribution in [-0.2, 0) is 4.79 Å². The zero-order valence-electron chi connectivity index (χ0n) is 16.6. The van der Waals surface area contributed by atoms with Crippen LogP contribution >= 0.6 is 11.6 Å². The molecule has 2 aliphatic rings. The minimum absolute atomic E-state index is 0.144. The molecule has 3 aromatic rings. The quantitative estimate of drug-likeness (QED) is 0.641. The molecule has 0 spiro atoms. The molecule has 1 aliphatic heterocycles. The zero-order chi connectivity index (χ0) is 20.7. The Morgan fingerprint density at radius 3 is 2.90 bits per heavy atom. The number of hydrogen-bond donors (Lipinski definition) is 1. The molecule has 1 aromatic heterocycles. The number of Topliss-reactive ketones (excluding diaryl/α,β-unsaturated/α-hetero) is 1. The van der Waals surface area contributed by atoms with Gasteiger partial charge in [0.25, 0.3) is 0 Å². The Hall–Kier alpha value is -3.12. The van der Waals surface area contributed by atoms with E-state index < -0.39 is 0 Å². The van der Waals surface area contributed by atoms with Crippen molar-refractivity contribution in [2.45, 2.75) is 32.2 Å². The number of fused-ring (bicyclic) bond motifs is 1. The third kappa shape index (κ3) is 3.17. The number of nitrogens with zero attached hydrogens (tertiary/aromatic N) is 3. The maximum Gasteiger partial charge on any atom is 0.226 e. The predicted molar refractivity (Wildman–Crippen MR) is 116 cm³/mol. The molecule has 0 saturated carbocycles. The van der Waals surface area contributed by atoms with Crippen LogP contribution in [0.5, 0.6) is 5.75 Å². The average molecular weight is 421 g/mol. The van der Waals surface area contributed by atoms with Gasteiger partial charge in [-0.25, -0.2) is 4.68 Å². The number of carbonyl (C=O) groups excluding carboxylic acids is 1. The Morgan fingerprint density at radius 1 is 1.20 bits per heavy atom. The summed E-state index contributed by atoms with van der Waals surface area (Å²) < 4.78 is 7.70. The number of hydrogen-bond acceptors (Lipinski definition) is 5. The van der Waals surface area contributed by atoms with Crippen molar-refractivity contribution in [1.29, 1.82) is 0 Å². The van der Waals surface area contributed by atoms with E-state index in [0.29, 0.717) is 29.8 Å². The average Bonchev–Trinajstić information content (AvgIpc) is 3.17. The minimum Gasteiger partial charge on any atom is -0.494 e. The molecule has 1 aliphatic carbocycles. The second-order valence-corrected chi connectivity index (χ2v) is 7.82. The Labute approximate surface area is 179 Å². The number of aromatic nitrogens is 3. The standard InChI is InChI=1S/C23H21ClN4O2/c1-2-30-19-12-4-3-9-16(19)21-20-17(10-6-11-18(20)29)25-23-26-22(27-28(21)23)14-7-5-8-15(24)13-14/h3-5,7-9,12-13,21H,2,6,10-11H2,1H3,(H,25,26,27)/t21-/m0/s1. The van der Waals surface area contributed by atoms with Gasteiger partial charge in [0, 0.05) is 33.8 Å². The van der Waals surface area contributed by atoms with Gasteiger partial charge in [0.05, 0.1) is 6.61 Å². The predicted octanol–water partition coefficient (Wildman–Crippen LogP) is 5.02. The van der Waals surface area contributed by atoms with Gasteiger partial charge in [-0.05, 0) is 38.0 Å². The summed E-state index contributed by atoms with van der Waals surface area (Å²) in [5.41, 5.74) is 3.42. The fourth-order valence-electron chi connectivity index (χ4n) is 4.19. The zero-order valence-corrected chi connectivity index (χ0v) is 17.3. The molecule has 6 nitrogen and oxygen atoms in total. The second kappa shape index (κ2) is 7.61. The van der Waals surface area contributed by atoms with Gasteiger partial charge in [0.15, 0.2) is 11.6 Å². The van der Waals surface area contributed by atoms with Gasteiger partial charge in [-0.1, -0.05) is 41.9 Å². The van der Waals surface area contributed by atoms with Crippen molar-refractivity contribution < 1.29 is 9.53 Å². The highest BCUT2D eigenvalue weighted by molar-refractivity contribution is 6.30. The summed E-state index contributed by atoms with van der Waals surface area (Å²) in [6, 6.07) is 14.9. The van der Waals surface area contributed by atoms with E-state index in [1.54, 1.807) is 4.68 Å². The molecule has 7 heteroatoms. The fraction of sp³-hybridized carbons (Fsp3) is 0.261. The Morgan fingerprint density at radius 2 is 2.07 bits per heavy atom. The number of rotatable bonds is 4. The first-order valence-corrected chi connectivity index (χ1v) is 10.5. The van der Waals surface area contributed by atoms with Crippen LogP contribution in [0.2, 0.25) is 5.02 Å². The second-order valence-electron chi connectivity index (χ2n) is 7.38. The van der Waals surface area contributed by atoms with Crippen LogP contribution in [0.1, 0.15) is 37.8 Å². The molecule has 2 heterocycles. The van der Waals surface area contributed by atoms with Crippen molar-refractivity contribution in [2.75, 3.05) is 11.9 Å². The van der Waals surface area contributed by atoms with Crippen LogP contribution in [0, 0.1) is 0 Å². The number of ketones is 1. The summed E-state index contributed by atoms with van der Waals surface area (Å²) in [6.07, 6.45) is 2.19. The molecule has 1 atom stereocenters. The molecule has 0 unspecified atom stereocenters. The highest BCUT2D eigenvalue weighted by atomic mass is 35.5. The van der Waals surface area contributed by atoms with Crippen LogP contribution in [0.3, 0.4) is 0 Å². The topological polar surface area (TPSA) is 69.0 Å². The number of benzene rings is 2. The maximum atomic E-state index is 13.0. The molecular formula is C23H21ClN4O2. The lowest BCUT2D eigenvalue weighted by atomic mass is 9.85. The third-order valence-corrected chi connectivity index (χ3v) is 5.70. The summed E-state index contributed by atoms with van der Waals surface area (Å²) in [5, 5.41) is 8.77. The van der Waals surface area contributed by atoms with Crippen molar-refractivity contribution in [2.24, 2.45) is 0 Å². The largest absolute Gasteiger partial charge is 0.494 e. The van der Waals surface area contributed by atoms with Crippen molar-refractivity contribution in [3.05, 3.63) is 70.4 Å². The van der Waals surface area contributed by atoms with Gasteiger partial charge in [0.1, 0.15) is 11.8 Å². The maximum absolute atomic E-state index is 13.0. The number of nitrogens with one attached hydrogen (secondary N) is 1. The molecule has 152 valence electrons. The third-order valence-electron chi connectivity index (χ3n) is 5.46. The molecule has 0 radical (unpaired) electrons. The number of para-hydroxylation sites is 1. The van der Waals surface area contributed by atoms with E-state index in [0.717, 1.165) is 41.0 Å². The molecular weight excluding hydrogens is 400 g/mol. The van der Waals surface area contributed by atoms with Gasteiger partial charge in [-0.15, -0.1) is 5.10 Å². The molecule has 30 heavy (non-hydrogen) atoms. The Kier molecular flexibility index (Phi) is 4.79. The van der Waals surface area contributed by atoms with Crippen LogP contribution in [0.15, 0.2) is 59.8 Å². The van der Waals surface area contributed by atoms with Crippen LogP contribution in [-0.4, -0.2) is 27.2 Å². The Bertz CT molecular complexity index is 1170. The number of anilines is 1.